The van der Waals surface area contributed by atoms with Crippen molar-refractivity contribution in [2.75, 3.05) is 35.5 Å². The molecule has 342 valence electrons. The van der Waals surface area contributed by atoms with E-state index in [4.69, 9.17) is 55.9 Å². The van der Waals surface area contributed by atoms with Crippen molar-refractivity contribution in [3.05, 3.63) is 129 Å². The third kappa shape index (κ3) is 13.2. The number of nitrogens with one attached hydrogen (secondary N) is 4. The van der Waals surface area contributed by atoms with Crippen LogP contribution in [0, 0.1) is 0 Å². The van der Waals surface area contributed by atoms with E-state index in [1.807, 2.05) is 13.8 Å². The van der Waals surface area contributed by atoms with E-state index >= 15 is 0 Å². The molecule has 4 amide bonds. The molecule has 0 aliphatic carbocycles. The second-order valence-electron chi connectivity index (χ2n) is 14.4. The number of azo groups is 2. The highest BCUT2D eigenvalue weighted by Crippen LogP contribution is 2.39. The number of rotatable bonds is 18. The first-order valence-corrected chi connectivity index (χ1v) is 21.4. The van der Waals surface area contributed by atoms with Crippen LogP contribution in [0.2, 0.25) is 10.0 Å². The number of alkyl halides is 2. The molecule has 5 rings (SSSR count). The Bertz CT molecular complexity index is 2690. The maximum Gasteiger partial charge on any atom is 0.259 e. The van der Waals surface area contributed by atoms with E-state index in [1.54, 1.807) is 48.5 Å². The molecule has 16 nitrogen and oxygen atoms in total. The highest BCUT2D eigenvalue weighted by atomic mass is 35.5. The lowest BCUT2D eigenvalue weighted by molar-refractivity contribution is -0.127. The predicted octanol–water partition coefficient (Wildman–Crippen LogP) is 11.5. The van der Waals surface area contributed by atoms with Gasteiger partial charge in [0.1, 0.15) is 17.2 Å². The topological polar surface area (TPSA) is 218 Å². The Kier molecular flexibility index (Phi) is 17.5. The largest absolute Gasteiger partial charge is 0.494 e. The first-order chi connectivity index (χ1) is 31.4. The first kappa shape index (κ1) is 50.3. The van der Waals surface area contributed by atoms with Crippen LogP contribution in [0.3, 0.4) is 0 Å². The Hall–Kier alpha value is -6.72. The fourth-order valence-corrected chi connectivity index (χ4v) is 6.65. The molecular formula is C46H42Cl4N8O8. The molecular weight excluding hydrogens is 934 g/mol. The van der Waals surface area contributed by atoms with Crippen LogP contribution in [0.15, 0.2) is 118 Å². The molecule has 0 saturated heterocycles. The van der Waals surface area contributed by atoms with Gasteiger partial charge in [0.25, 0.3) is 23.6 Å². The van der Waals surface area contributed by atoms with Crippen molar-refractivity contribution in [1.82, 2.24) is 0 Å². The van der Waals surface area contributed by atoms with Crippen molar-refractivity contribution >= 4 is 116 Å². The summed E-state index contributed by atoms with van der Waals surface area (Å²) >= 11 is 24.9. The number of halogens is 4. The van der Waals surface area contributed by atoms with Gasteiger partial charge in [-0.15, -0.1) is 23.2 Å². The third-order valence-electron chi connectivity index (χ3n) is 9.51. The summed E-state index contributed by atoms with van der Waals surface area (Å²) in [6.07, 6.45) is 0. The fourth-order valence-electron chi connectivity index (χ4n) is 5.95. The molecule has 20 heteroatoms. The number of methoxy groups -OCH3 is 2. The Labute approximate surface area is 399 Å². The van der Waals surface area contributed by atoms with E-state index in [0.29, 0.717) is 11.4 Å². The van der Waals surface area contributed by atoms with E-state index in [9.17, 15) is 28.8 Å². The first-order valence-electron chi connectivity index (χ1n) is 19.8. The van der Waals surface area contributed by atoms with Gasteiger partial charge in [0.15, 0.2) is 11.6 Å². The van der Waals surface area contributed by atoms with Gasteiger partial charge in [-0.2, -0.15) is 20.5 Å². The Morgan fingerprint density at radius 3 is 1.24 bits per heavy atom. The maximum absolute atomic E-state index is 13.6. The van der Waals surface area contributed by atoms with Crippen molar-refractivity contribution in [2.24, 2.45) is 20.5 Å². The molecule has 0 radical (unpaired) electrons. The molecule has 0 heterocycles. The van der Waals surface area contributed by atoms with Crippen molar-refractivity contribution in [2.45, 2.75) is 50.5 Å². The van der Waals surface area contributed by atoms with Gasteiger partial charge in [0.2, 0.25) is 12.1 Å². The molecule has 4 atom stereocenters. The fraction of sp³-hybridized carbons (Fsp3) is 0.217. The van der Waals surface area contributed by atoms with Gasteiger partial charge in [-0.1, -0.05) is 47.5 Å². The summed E-state index contributed by atoms with van der Waals surface area (Å²) in [5.74, 6) is -4.26. The number of benzene rings is 5. The maximum atomic E-state index is 13.6. The van der Waals surface area contributed by atoms with Crippen LogP contribution in [0.5, 0.6) is 11.5 Å². The molecule has 0 bridgehead atoms. The minimum atomic E-state index is -1.67. The summed E-state index contributed by atoms with van der Waals surface area (Å²) in [5, 5.41) is 26.5. The lowest BCUT2D eigenvalue weighted by Gasteiger charge is -2.18. The molecule has 0 spiro atoms. The van der Waals surface area contributed by atoms with Gasteiger partial charge in [0.05, 0.1) is 57.5 Å². The van der Waals surface area contributed by atoms with E-state index < -0.39 is 47.3 Å². The molecule has 4 unspecified atom stereocenters. The summed E-state index contributed by atoms with van der Waals surface area (Å²) in [6.45, 7) is 5.94. The third-order valence-corrected chi connectivity index (χ3v) is 10.7. The van der Waals surface area contributed by atoms with Crippen molar-refractivity contribution in [3.8, 4) is 11.5 Å². The van der Waals surface area contributed by atoms with Crippen LogP contribution >= 0.6 is 46.4 Å². The molecule has 0 aliphatic rings. The van der Waals surface area contributed by atoms with Gasteiger partial charge < -0.3 is 30.7 Å². The average Bonchev–Trinajstić information content (AvgIpc) is 3.27. The van der Waals surface area contributed by atoms with Gasteiger partial charge >= 0.3 is 0 Å². The number of anilines is 4. The van der Waals surface area contributed by atoms with Crippen molar-refractivity contribution in [3.63, 3.8) is 0 Å². The minimum absolute atomic E-state index is 0.0186. The summed E-state index contributed by atoms with van der Waals surface area (Å²) in [6, 6.07) is 21.7. The van der Waals surface area contributed by atoms with Gasteiger partial charge in [-0.3, -0.25) is 28.8 Å². The van der Waals surface area contributed by atoms with E-state index in [1.165, 1.54) is 62.8 Å². The molecule has 0 fully saturated rings. The van der Waals surface area contributed by atoms with Crippen LogP contribution in [-0.4, -0.2) is 61.5 Å². The second-order valence-corrected chi connectivity index (χ2v) is 16.5. The molecule has 0 aromatic heterocycles. The van der Waals surface area contributed by atoms with E-state index in [-0.39, 0.29) is 66.2 Å². The standard InChI is InChI=1S/C46H42Cl4N8O8/c1-23(47)27-7-11-29(12-8-27)51-43(61)34-19-31(15-17-36(34)49)55-57-40(25(3)59)45(63)53-33-21-38(65-5)42(39(22-33)66-6)54-46(64)41(26(4)60)58-56-32-16-18-37(50)35(20-32)44(62)52-30-13-9-28(10-14-30)24(2)48/h7-24,40-41H,1-6H3,(H,51,61)(H,52,62)(H,53,63)(H,54,64). The lowest BCUT2D eigenvalue weighted by Crippen LogP contribution is -2.32. The molecule has 0 saturated carbocycles. The zero-order valence-electron chi connectivity index (χ0n) is 36.1. The molecule has 66 heavy (non-hydrogen) atoms. The molecule has 4 N–H and O–H groups in total. The summed E-state index contributed by atoms with van der Waals surface area (Å²) in [5.41, 5.74) is 3.14. The van der Waals surface area contributed by atoms with E-state index in [2.05, 4.69) is 41.7 Å². The lowest BCUT2D eigenvalue weighted by atomic mass is 10.1. The van der Waals surface area contributed by atoms with E-state index in [0.717, 1.165) is 25.0 Å². The number of carbonyl (C=O) groups is 6. The number of hydrogen-bond donors (Lipinski definition) is 4. The number of amides is 4. The summed E-state index contributed by atoms with van der Waals surface area (Å²) in [7, 11) is 2.57. The second kappa shape index (κ2) is 22.9. The molecule has 0 aliphatic heterocycles. The van der Waals surface area contributed by atoms with Crippen molar-refractivity contribution < 1.29 is 38.2 Å². The normalized spacial score (nSPS) is 13.0. The number of Topliss-reactive ketones (excluding diaryl/α,β-unsaturated/α-hetero) is 2. The monoisotopic (exact) mass is 974 g/mol. The number of ether oxygens (including phenoxy) is 2. The average molecular weight is 977 g/mol. The van der Waals surface area contributed by atoms with Crippen molar-refractivity contribution in [1.29, 1.82) is 0 Å². The number of ketones is 2. The minimum Gasteiger partial charge on any atom is -0.494 e. The zero-order valence-corrected chi connectivity index (χ0v) is 39.1. The molecule has 5 aromatic rings. The predicted molar refractivity (Wildman–Crippen MR) is 255 cm³/mol. The summed E-state index contributed by atoms with van der Waals surface area (Å²) in [4.78, 5) is 78.6. The Balaban J connectivity index is 1.29. The Morgan fingerprint density at radius 1 is 0.515 bits per heavy atom. The van der Waals surface area contributed by atoms with Gasteiger partial charge in [-0.25, -0.2) is 0 Å². The van der Waals surface area contributed by atoms with Gasteiger partial charge in [0, 0.05) is 29.2 Å². The highest BCUT2D eigenvalue weighted by molar-refractivity contribution is 6.35. The van der Waals surface area contributed by atoms with Crippen LogP contribution in [0.4, 0.5) is 34.1 Å². The van der Waals surface area contributed by atoms with Crippen LogP contribution in [0.1, 0.15) is 70.3 Å². The summed E-state index contributed by atoms with van der Waals surface area (Å²) < 4.78 is 11.0. The van der Waals surface area contributed by atoms with Crippen LogP contribution in [-0.2, 0) is 19.2 Å². The molecule has 5 aromatic carbocycles. The highest BCUT2D eigenvalue weighted by Gasteiger charge is 2.28. The number of hydrogen-bond acceptors (Lipinski definition) is 12. The number of carbonyl (C=O) groups excluding carboxylic acids is 6. The Morgan fingerprint density at radius 2 is 0.894 bits per heavy atom. The van der Waals surface area contributed by atoms with Crippen LogP contribution < -0.4 is 30.7 Å². The smallest absolute Gasteiger partial charge is 0.259 e. The zero-order chi connectivity index (χ0) is 48.2. The van der Waals surface area contributed by atoms with Crippen LogP contribution in [0.25, 0.3) is 0 Å². The van der Waals surface area contributed by atoms with Gasteiger partial charge in [-0.05, 0) is 99.5 Å². The number of nitrogens with zero attached hydrogens (tertiary/aromatic N) is 4. The SMILES string of the molecule is COc1cc(NC(=O)C(N=Nc2ccc(Cl)c(C(=O)Nc3ccc(C(C)Cl)cc3)c2)C(C)=O)cc(OC)c1NC(=O)C(N=Nc1ccc(Cl)c(C(=O)Nc2ccc(C(C)Cl)cc2)c1)C(C)=O. The quantitative estimate of drug-likeness (QED) is 0.0375.